The van der Waals surface area contributed by atoms with Gasteiger partial charge in [0.1, 0.15) is 6.61 Å². The third-order valence-corrected chi connectivity index (χ3v) is 2.73. The van der Waals surface area contributed by atoms with Crippen LogP contribution in [0.1, 0.15) is 49.2 Å². The first-order valence-corrected chi connectivity index (χ1v) is 7.12. The number of ether oxygens (including phenoxy) is 2. The Morgan fingerprint density at radius 2 is 2.00 bits per heavy atom. The molecule has 0 saturated carbocycles. The summed E-state index contributed by atoms with van der Waals surface area (Å²) in [6.45, 7) is 5.73. The molecule has 20 heavy (non-hydrogen) atoms. The Labute approximate surface area is 119 Å². The molecule has 0 saturated heterocycles. The van der Waals surface area contributed by atoms with Crippen LogP contribution < -0.4 is 4.74 Å². The second-order valence-electron chi connectivity index (χ2n) is 4.55. The summed E-state index contributed by atoms with van der Waals surface area (Å²) in [5, 5.41) is 9.06. The molecule has 1 rings (SSSR count). The number of aromatic nitrogens is 1. The van der Waals surface area contributed by atoms with E-state index in [4.69, 9.17) is 14.6 Å². The minimum absolute atomic E-state index is 0.213. The highest BCUT2D eigenvalue weighted by atomic mass is 16.5. The molecule has 112 valence electrons. The van der Waals surface area contributed by atoms with Gasteiger partial charge in [-0.15, -0.1) is 0 Å². The van der Waals surface area contributed by atoms with Crippen molar-refractivity contribution in [2.24, 2.45) is 0 Å². The molecule has 1 aromatic heterocycles. The van der Waals surface area contributed by atoms with Gasteiger partial charge in [-0.2, -0.15) is 0 Å². The lowest BCUT2D eigenvalue weighted by molar-refractivity contribution is 0.0695. The highest BCUT2D eigenvalue weighted by molar-refractivity contribution is 5.88. The molecule has 0 atom stereocenters. The van der Waals surface area contributed by atoms with Crippen molar-refractivity contribution in [3.8, 4) is 5.88 Å². The number of nitrogens with zero attached hydrogens (tertiary/aromatic N) is 1. The van der Waals surface area contributed by atoms with E-state index in [1.165, 1.54) is 6.07 Å². The molecule has 1 N–H and O–H groups in total. The molecular formula is C15H23NO4. The van der Waals surface area contributed by atoms with Gasteiger partial charge in [-0.05, 0) is 18.9 Å². The van der Waals surface area contributed by atoms with E-state index in [0.717, 1.165) is 38.0 Å². The average Bonchev–Trinajstić information content (AvgIpc) is 2.43. The topological polar surface area (TPSA) is 68.7 Å². The SMILES string of the molecule is CCCCOCCOc1cc(C(=O)O)cc(CCC)n1. The number of carboxylic acid groups (broad SMARTS) is 1. The fourth-order valence-electron chi connectivity index (χ4n) is 1.70. The highest BCUT2D eigenvalue weighted by Crippen LogP contribution is 2.14. The molecule has 0 aromatic carbocycles. The summed E-state index contributed by atoms with van der Waals surface area (Å²) in [6.07, 6.45) is 3.79. The molecule has 0 aliphatic carbocycles. The molecule has 0 aliphatic rings. The van der Waals surface area contributed by atoms with Crippen LogP contribution in [0.2, 0.25) is 0 Å². The third kappa shape index (κ3) is 6.02. The Balaban J connectivity index is 2.53. The highest BCUT2D eigenvalue weighted by Gasteiger charge is 2.09. The van der Waals surface area contributed by atoms with Crippen molar-refractivity contribution >= 4 is 5.97 Å². The van der Waals surface area contributed by atoms with Crippen LogP contribution in [-0.2, 0) is 11.2 Å². The van der Waals surface area contributed by atoms with Gasteiger partial charge >= 0.3 is 5.97 Å². The van der Waals surface area contributed by atoms with Crippen LogP contribution in [0.3, 0.4) is 0 Å². The summed E-state index contributed by atoms with van der Waals surface area (Å²) in [5.41, 5.74) is 0.958. The van der Waals surface area contributed by atoms with Gasteiger partial charge in [-0.1, -0.05) is 26.7 Å². The molecule has 5 heteroatoms. The lowest BCUT2D eigenvalue weighted by Gasteiger charge is -2.09. The maximum atomic E-state index is 11.0. The van der Waals surface area contributed by atoms with Crippen molar-refractivity contribution in [2.45, 2.75) is 39.5 Å². The molecule has 5 nitrogen and oxygen atoms in total. The van der Waals surface area contributed by atoms with E-state index in [-0.39, 0.29) is 5.56 Å². The molecule has 0 amide bonds. The number of hydrogen-bond donors (Lipinski definition) is 1. The van der Waals surface area contributed by atoms with Gasteiger partial charge in [0.15, 0.2) is 0 Å². The van der Waals surface area contributed by atoms with Gasteiger partial charge in [-0.3, -0.25) is 0 Å². The quantitative estimate of drug-likeness (QED) is 0.668. The van der Waals surface area contributed by atoms with Crippen LogP contribution in [0.25, 0.3) is 0 Å². The summed E-state index contributed by atoms with van der Waals surface area (Å²) >= 11 is 0. The fourth-order valence-corrected chi connectivity index (χ4v) is 1.70. The zero-order valence-electron chi connectivity index (χ0n) is 12.2. The Morgan fingerprint density at radius 3 is 2.65 bits per heavy atom. The zero-order valence-corrected chi connectivity index (χ0v) is 12.2. The number of hydrogen-bond acceptors (Lipinski definition) is 4. The first-order chi connectivity index (χ1) is 9.67. The number of aromatic carboxylic acids is 1. The van der Waals surface area contributed by atoms with Gasteiger partial charge in [0, 0.05) is 18.4 Å². The van der Waals surface area contributed by atoms with E-state index in [0.29, 0.717) is 19.1 Å². The van der Waals surface area contributed by atoms with Crippen molar-refractivity contribution in [3.63, 3.8) is 0 Å². The van der Waals surface area contributed by atoms with Crippen LogP contribution in [-0.4, -0.2) is 35.9 Å². The largest absolute Gasteiger partial charge is 0.478 e. The lowest BCUT2D eigenvalue weighted by Crippen LogP contribution is -2.10. The summed E-state index contributed by atoms with van der Waals surface area (Å²) in [4.78, 5) is 15.3. The van der Waals surface area contributed by atoms with E-state index in [2.05, 4.69) is 11.9 Å². The first-order valence-electron chi connectivity index (χ1n) is 7.12. The van der Waals surface area contributed by atoms with Gasteiger partial charge in [0.05, 0.1) is 12.2 Å². The van der Waals surface area contributed by atoms with Gasteiger partial charge < -0.3 is 14.6 Å². The second kappa shape index (κ2) is 9.31. The van der Waals surface area contributed by atoms with Gasteiger partial charge in [0.25, 0.3) is 0 Å². The van der Waals surface area contributed by atoms with Gasteiger partial charge in [0.2, 0.25) is 5.88 Å². The van der Waals surface area contributed by atoms with Crippen LogP contribution in [0.15, 0.2) is 12.1 Å². The first kappa shape index (κ1) is 16.4. The van der Waals surface area contributed by atoms with Gasteiger partial charge in [-0.25, -0.2) is 9.78 Å². The molecule has 0 fully saturated rings. The van der Waals surface area contributed by atoms with Crippen LogP contribution >= 0.6 is 0 Å². The Bertz CT molecular complexity index is 420. The van der Waals surface area contributed by atoms with Crippen molar-refractivity contribution in [1.82, 2.24) is 4.98 Å². The maximum absolute atomic E-state index is 11.0. The Kier molecular flexibility index (Phi) is 7.65. The maximum Gasteiger partial charge on any atom is 0.335 e. The number of rotatable bonds is 10. The van der Waals surface area contributed by atoms with E-state index < -0.39 is 5.97 Å². The number of unbranched alkanes of at least 4 members (excludes halogenated alkanes) is 1. The van der Waals surface area contributed by atoms with Crippen molar-refractivity contribution in [1.29, 1.82) is 0 Å². The third-order valence-electron chi connectivity index (χ3n) is 2.73. The molecule has 0 bridgehead atoms. The molecule has 1 heterocycles. The van der Waals surface area contributed by atoms with Crippen LogP contribution in [0, 0.1) is 0 Å². The number of aryl methyl sites for hydroxylation is 1. The predicted molar refractivity (Wildman–Crippen MR) is 76.4 cm³/mol. The molecule has 0 spiro atoms. The minimum atomic E-state index is -0.964. The summed E-state index contributed by atoms with van der Waals surface area (Å²) in [7, 11) is 0. The van der Waals surface area contributed by atoms with Crippen LogP contribution in [0.4, 0.5) is 0 Å². The average molecular weight is 281 g/mol. The molecule has 0 aliphatic heterocycles. The summed E-state index contributed by atoms with van der Waals surface area (Å²) < 4.78 is 10.8. The van der Waals surface area contributed by atoms with Crippen molar-refractivity contribution in [2.75, 3.05) is 19.8 Å². The summed E-state index contributed by atoms with van der Waals surface area (Å²) in [6, 6.07) is 3.05. The minimum Gasteiger partial charge on any atom is -0.478 e. The Morgan fingerprint density at radius 1 is 1.20 bits per heavy atom. The number of carboxylic acids is 1. The summed E-state index contributed by atoms with van der Waals surface area (Å²) in [5.74, 6) is -0.610. The van der Waals surface area contributed by atoms with Crippen molar-refractivity contribution in [3.05, 3.63) is 23.4 Å². The monoisotopic (exact) mass is 281 g/mol. The molecule has 0 radical (unpaired) electrons. The molecule has 0 unspecified atom stereocenters. The number of carbonyl (C=O) groups is 1. The lowest BCUT2D eigenvalue weighted by atomic mass is 10.1. The second-order valence-corrected chi connectivity index (χ2v) is 4.55. The Hall–Kier alpha value is -1.62. The van der Waals surface area contributed by atoms with E-state index in [1.807, 2.05) is 6.92 Å². The predicted octanol–water partition coefficient (Wildman–Crippen LogP) is 2.93. The zero-order chi connectivity index (χ0) is 14.8. The van der Waals surface area contributed by atoms with E-state index in [9.17, 15) is 4.79 Å². The van der Waals surface area contributed by atoms with E-state index >= 15 is 0 Å². The molecular weight excluding hydrogens is 258 g/mol. The van der Waals surface area contributed by atoms with Crippen LogP contribution in [0.5, 0.6) is 5.88 Å². The smallest absolute Gasteiger partial charge is 0.335 e. The fraction of sp³-hybridized carbons (Fsp3) is 0.600. The molecule has 1 aromatic rings. The number of pyridine rings is 1. The standard InChI is InChI=1S/C15H23NO4/c1-3-5-7-19-8-9-20-14-11-12(15(17)18)10-13(16-14)6-4-2/h10-11H,3-9H2,1-2H3,(H,17,18). The normalized spacial score (nSPS) is 10.5. The van der Waals surface area contributed by atoms with Crippen molar-refractivity contribution < 1.29 is 19.4 Å². The van der Waals surface area contributed by atoms with E-state index in [1.54, 1.807) is 6.07 Å².